The summed E-state index contributed by atoms with van der Waals surface area (Å²) in [7, 11) is 0. The number of thioether (sulfide) groups is 1. The largest absolute Gasteiger partial charge is 0.399 e. The van der Waals surface area contributed by atoms with Crippen molar-refractivity contribution >= 4 is 23.1 Å². The van der Waals surface area contributed by atoms with Crippen LogP contribution in [0.1, 0.15) is 19.4 Å². The minimum atomic E-state index is 0.355. The number of nitrogens with two attached hydrogens (primary N) is 1. The van der Waals surface area contributed by atoms with Gasteiger partial charge >= 0.3 is 0 Å². The quantitative estimate of drug-likeness (QED) is 0.760. The van der Waals surface area contributed by atoms with E-state index in [4.69, 9.17) is 5.73 Å². The summed E-state index contributed by atoms with van der Waals surface area (Å²) >= 11 is 2.06. The van der Waals surface area contributed by atoms with Gasteiger partial charge in [-0.1, -0.05) is 0 Å². The number of aryl methyl sites for hydroxylation is 1. The average Bonchev–Trinajstić information content (AvgIpc) is 2.20. The molecule has 0 spiro atoms. The van der Waals surface area contributed by atoms with Gasteiger partial charge in [-0.15, -0.1) is 0 Å². The average molecular weight is 236 g/mol. The third kappa shape index (κ3) is 2.46. The van der Waals surface area contributed by atoms with Crippen LogP contribution in [0.3, 0.4) is 0 Å². The number of anilines is 2. The van der Waals surface area contributed by atoms with Gasteiger partial charge in [-0.25, -0.2) is 0 Å². The van der Waals surface area contributed by atoms with E-state index in [1.807, 2.05) is 6.07 Å². The summed E-state index contributed by atoms with van der Waals surface area (Å²) in [6.07, 6.45) is 0. The molecule has 1 aliphatic rings. The molecule has 16 heavy (non-hydrogen) atoms. The number of benzene rings is 1. The maximum Gasteiger partial charge on any atom is 0.0371 e. The molecule has 2 N–H and O–H groups in total. The van der Waals surface area contributed by atoms with Crippen LogP contribution in [0, 0.1) is 6.92 Å². The van der Waals surface area contributed by atoms with Crippen molar-refractivity contribution in [1.29, 1.82) is 0 Å². The molecular formula is C13H20N2S. The van der Waals surface area contributed by atoms with Gasteiger partial charge in [0.2, 0.25) is 0 Å². The highest BCUT2D eigenvalue weighted by molar-refractivity contribution is 8.00. The van der Waals surface area contributed by atoms with Crippen molar-refractivity contribution < 1.29 is 0 Å². The molecule has 0 saturated carbocycles. The highest BCUT2D eigenvalue weighted by atomic mass is 32.2. The second-order valence-corrected chi connectivity index (χ2v) is 6.87. The maximum absolute atomic E-state index is 5.85. The van der Waals surface area contributed by atoms with Crippen LogP contribution in [0.5, 0.6) is 0 Å². The number of nitrogens with zero attached hydrogens (tertiary/aromatic N) is 1. The fourth-order valence-electron chi connectivity index (χ4n) is 2.09. The number of hydrogen-bond donors (Lipinski definition) is 1. The fourth-order valence-corrected chi connectivity index (χ4v) is 3.20. The van der Waals surface area contributed by atoms with E-state index in [-0.39, 0.29) is 0 Å². The Bertz CT molecular complexity index is 388. The zero-order chi connectivity index (χ0) is 11.8. The van der Waals surface area contributed by atoms with E-state index in [9.17, 15) is 0 Å². The Morgan fingerprint density at radius 3 is 2.75 bits per heavy atom. The third-order valence-electron chi connectivity index (χ3n) is 3.04. The lowest BCUT2D eigenvalue weighted by molar-refractivity contribution is 0.647. The van der Waals surface area contributed by atoms with Crippen molar-refractivity contribution in [3.05, 3.63) is 23.8 Å². The van der Waals surface area contributed by atoms with E-state index in [1.165, 1.54) is 17.0 Å². The number of hydrogen-bond acceptors (Lipinski definition) is 3. The highest BCUT2D eigenvalue weighted by Gasteiger charge is 2.27. The molecule has 1 aliphatic heterocycles. The predicted octanol–water partition coefficient (Wildman–Crippen LogP) is 2.91. The molecule has 0 bridgehead atoms. The summed E-state index contributed by atoms with van der Waals surface area (Å²) in [5.41, 5.74) is 9.21. The molecule has 0 aliphatic carbocycles. The van der Waals surface area contributed by atoms with Crippen LogP contribution in [0.25, 0.3) is 0 Å². The van der Waals surface area contributed by atoms with Gasteiger partial charge in [-0.2, -0.15) is 11.8 Å². The van der Waals surface area contributed by atoms with E-state index in [1.54, 1.807) is 0 Å². The Morgan fingerprint density at radius 2 is 2.12 bits per heavy atom. The van der Waals surface area contributed by atoms with Crippen LogP contribution < -0.4 is 10.6 Å². The summed E-state index contributed by atoms with van der Waals surface area (Å²) < 4.78 is 0.355. The summed E-state index contributed by atoms with van der Waals surface area (Å²) in [6, 6.07) is 6.34. The minimum Gasteiger partial charge on any atom is -0.399 e. The second kappa shape index (κ2) is 4.21. The van der Waals surface area contributed by atoms with Crippen molar-refractivity contribution in [2.75, 3.05) is 29.5 Å². The Hall–Kier alpha value is -0.830. The molecule has 1 fully saturated rings. The van der Waals surface area contributed by atoms with E-state index in [0.29, 0.717) is 4.75 Å². The maximum atomic E-state index is 5.85. The van der Waals surface area contributed by atoms with Gasteiger partial charge in [0.1, 0.15) is 0 Å². The zero-order valence-electron chi connectivity index (χ0n) is 10.3. The van der Waals surface area contributed by atoms with Crippen molar-refractivity contribution in [2.45, 2.75) is 25.5 Å². The van der Waals surface area contributed by atoms with Gasteiger partial charge in [0.05, 0.1) is 0 Å². The first-order chi connectivity index (χ1) is 7.48. The summed E-state index contributed by atoms with van der Waals surface area (Å²) in [5.74, 6) is 1.20. The lowest BCUT2D eigenvalue weighted by Crippen LogP contribution is -2.43. The van der Waals surface area contributed by atoms with Gasteiger partial charge in [-0.3, -0.25) is 0 Å². The molecule has 0 amide bonds. The van der Waals surface area contributed by atoms with Crippen LogP contribution in [-0.4, -0.2) is 23.6 Å². The zero-order valence-corrected chi connectivity index (χ0v) is 11.1. The first-order valence-electron chi connectivity index (χ1n) is 5.73. The summed E-state index contributed by atoms with van der Waals surface area (Å²) in [5, 5.41) is 0. The van der Waals surface area contributed by atoms with E-state index in [2.05, 4.69) is 49.6 Å². The molecule has 2 nitrogen and oxygen atoms in total. The Labute approximate surface area is 102 Å². The molecule has 0 unspecified atom stereocenters. The topological polar surface area (TPSA) is 29.3 Å². The normalized spacial score (nSPS) is 19.8. The fraction of sp³-hybridized carbons (Fsp3) is 0.538. The minimum absolute atomic E-state index is 0.355. The van der Waals surface area contributed by atoms with Gasteiger partial charge < -0.3 is 10.6 Å². The molecule has 0 aromatic heterocycles. The number of nitrogen functional groups attached to an aromatic ring is 1. The molecule has 0 radical (unpaired) electrons. The van der Waals surface area contributed by atoms with Gasteiger partial charge in [0, 0.05) is 35.0 Å². The molecule has 1 heterocycles. The first-order valence-corrected chi connectivity index (χ1v) is 6.71. The highest BCUT2D eigenvalue weighted by Crippen LogP contribution is 2.32. The lowest BCUT2D eigenvalue weighted by atomic mass is 10.1. The molecule has 3 heteroatoms. The van der Waals surface area contributed by atoms with Crippen LogP contribution >= 0.6 is 11.8 Å². The van der Waals surface area contributed by atoms with E-state index < -0.39 is 0 Å². The first kappa shape index (κ1) is 11.6. The van der Waals surface area contributed by atoms with E-state index in [0.717, 1.165) is 18.8 Å². The molecule has 2 rings (SSSR count). The second-order valence-electron chi connectivity index (χ2n) is 5.07. The van der Waals surface area contributed by atoms with Crippen LogP contribution in [0.15, 0.2) is 18.2 Å². The van der Waals surface area contributed by atoms with Gasteiger partial charge in [0.15, 0.2) is 0 Å². The van der Waals surface area contributed by atoms with Crippen molar-refractivity contribution in [2.24, 2.45) is 0 Å². The third-order valence-corrected chi connectivity index (χ3v) is 4.34. The smallest absolute Gasteiger partial charge is 0.0371 e. The standard InChI is InChI=1S/C13H20N2S/c1-10-8-11(4-5-12(10)14)15-6-7-16-13(2,3)9-15/h4-5,8H,6-7,9,14H2,1-3H3. The van der Waals surface area contributed by atoms with Crippen molar-refractivity contribution in [1.82, 2.24) is 0 Å². The summed E-state index contributed by atoms with van der Waals surface area (Å²) in [4.78, 5) is 2.46. The molecular weight excluding hydrogens is 216 g/mol. The molecule has 1 aromatic carbocycles. The van der Waals surface area contributed by atoms with Crippen LogP contribution in [0.2, 0.25) is 0 Å². The van der Waals surface area contributed by atoms with Gasteiger partial charge in [-0.05, 0) is 44.5 Å². The van der Waals surface area contributed by atoms with Gasteiger partial charge in [0.25, 0.3) is 0 Å². The van der Waals surface area contributed by atoms with Crippen molar-refractivity contribution in [3.63, 3.8) is 0 Å². The Balaban J connectivity index is 2.20. The monoisotopic (exact) mass is 236 g/mol. The van der Waals surface area contributed by atoms with Crippen molar-refractivity contribution in [3.8, 4) is 0 Å². The molecule has 1 saturated heterocycles. The van der Waals surface area contributed by atoms with Crippen LogP contribution in [-0.2, 0) is 0 Å². The number of rotatable bonds is 1. The van der Waals surface area contributed by atoms with E-state index >= 15 is 0 Å². The Morgan fingerprint density at radius 1 is 1.38 bits per heavy atom. The predicted molar refractivity (Wildman–Crippen MR) is 74.3 cm³/mol. The molecule has 0 atom stereocenters. The lowest BCUT2D eigenvalue weighted by Gasteiger charge is -2.39. The Kier molecular flexibility index (Phi) is 3.06. The van der Waals surface area contributed by atoms with Crippen LogP contribution in [0.4, 0.5) is 11.4 Å². The molecule has 88 valence electrons. The summed E-state index contributed by atoms with van der Waals surface area (Å²) in [6.45, 7) is 8.95. The SMILES string of the molecule is Cc1cc(N2CCSC(C)(C)C2)ccc1N. The molecule has 1 aromatic rings.